The smallest absolute Gasteiger partial charge is 0.0297 e. The van der Waals surface area contributed by atoms with Crippen LogP contribution in [0.4, 0.5) is 0 Å². The van der Waals surface area contributed by atoms with Crippen molar-refractivity contribution in [1.82, 2.24) is 10.2 Å². The van der Waals surface area contributed by atoms with E-state index in [1.807, 2.05) is 0 Å². The highest BCUT2D eigenvalue weighted by Gasteiger charge is 2.13. The van der Waals surface area contributed by atoms with Crippen LogP contribution in [-0.2, 0) is 0 Å². The van der Waals surface area contributed by atoms with E-state index in [1.165, 1.54) is 61.2 Å². The maximum absolute atomic E-state index is 3.71. The number of piperidine rings is 1. The number of hydrogen-bond acceptors (Lipinski definition) is 2. The first-order chi connectivity index (χ1) is 9.58. The minimum atomic E-state index is 0.445. The molecule has 0 amide bonds. The van der Waals surface area contributed by atoms with Gasteiger partial charge in [0.2, 0.25) is 0 Å². The third kappa shape index (κ3) is 4.07. The first-order valence-electron chi connectivity index (χ1n) is 8.11. The Morgan fingerprint density at radius 3 is 2.25 bits per heavy atom. The van der Waals surface area contributed by atoms with Gasteiger partial charge >= 0.3 is 0 Å². The van der Waals surface area contributed by atoms with Crippen LogP contribution in [0, 0.1) is 20.8 Å². The third-order valence-corrected chi connectivity index (χ3v) is 4.50. The first kappa shape index (κ1) is 15.5. The van der Waals surface area contributed by atoms with Crippen LogP contribution in [0.3, 0.4) is 0 Å². The van der Waals surface area contributed by atoms with Crippen LogP contribution in [0.5, 0.6) is 0 Å². The van der Waals surface area contributed by atoms with Crippen molar-refractivity contribution in [3.8, 4) is 0 Å². The Labute approximate surface area is 124 Å². The van der Waals surface area contributed by atoms with E-state index in [1.54, 1.807) is 0 Å². The van der Waals surface area contributed by atoms with Crippen molar-refractivity contribution in [3.63, 3.8) is 0 Å². The molecule has 0 radical (unpaired) electrons. The van der Waals surface area contributed by atoms with Gasteiger partial charge in [-0.3, -0.25) is 0 Å². The Balaban J connectivity index is 1.86. The lowest BCUT2D eigenvalue weighted by Gasteiger charge is -2.27. The summed E-state index contributed by atoms with van der Waals surface area (Å²) in [5, 5.41) is 3.71. The summed E-state index contributed by atoms with van der Waals surface area (Å²) in [6, 6.07) is 5.04. The van der Waals surface area contributed by atoms with Crippen LogP contribution in [0.1, 0.15) is 54.5 Å². The highest BCUT2D eigenvalue weighted by Crippen LogP contribution is 2.23. The third-order valence-electron chi connectivity index (χ3n) is 4.50. The van der Waals surface area contributed by atoms with Gasteiger partial charge < -0.3 is 10.2 Å². The Morgan fingerprint density at radius 2 is 1.65 bits per heavy atom. The average molecular weight is 274 g/mol. The highest BCUT2D eigenvalue weighted by molar-refractivity contribution is 5.39. The second kappa shape index (κ2) is 7.24. The molecule has 20 heavy (non-hydrogen) atoms. The summed E-state index contributed by atoms with van der Waals surface area (Å²) in [4.78, 5) is 2.60. The molecule has 0 aliphatic carbocycles. The van der Waals surface area contributed by atoms with Gasteiger partial charge in [-0.2, -0.15) is 0 Å². The largest absolute Gasteiger partial charge is 0.309 e. The number of aryl methyl sites for hydroxylation is 3. The summed E-state index contributed by atoms with van der Waals surface area (Å²) >= 11 is 0. The molecule has 0 aromatic heterocycles. The van der Waals surface area contributed by atoms with Gasteiger partial charge in [0.25, 0.3) is 0 Å². The van der Waals surface area contributed by atoms with Crippen LogP contribution in [0.15, 0.2) is 12.1 Å². The summed E-state index contributed by atoms with van der Waals surface area (Å²) in [5.41, 5.74) is 5.68. The SMILES string of the molecule is Cc1cc(C)c(C(C)NCCN2CCCCC2)c(C)c1. The number of likely N-dealkylation sites (tertiary alicyclic amines) is 1. The molecule has 112 valence electrons. The molecule has 1 heterocycles. The molecule has 1 aliphatic rings. The van der Waals surface area contributed by atoms with Crippen molar-refractivity contribution in [2.24, 2.45) is 0 Å². The molecule has 1 aromatic rings. The summed E-state index contributed by atoms with van der Waals surface area (Å²) in [7, 11) is 0. The van der Waals surface area contributed by atoms with Gasteiger partial charge in [0.1, 0.15) is 0 Å². The zero-order chi connectivity index (χ0) is 14.5. The van der Waals surface area contributed by atoms with Crippen LogP contribution in [-0.4, -0.2) is 31.1 Å². The van der Waals surface area contributed by atoms with E-state index in [2.05, 4.69) is 50.0 Å². The number of nitrogens with one attached hydrogen (secondary N) is 1. The molecule has 1 fully saturated rings. The topological polar surface area (TPSA) is 15.3 Å². The fraction of sp³-hybridized carbons (Fsp3) is 0.667. The van der Waals surface area contributed by atoms with Gasteiger partial charge in [-0.25, -0.2) is 0 Å². The summed E-state index contributed by atoms with van der Waals surface area (Å²) in [5.74, 6) is 0. The molecule has 2 rings (SSSR count). The predicted molar refractivity (Wildman–Crippen MR) is 87.4 cm³/mol. The lowest BCUT2D eigenvalue weighted by atomic mass is 9.95. The number of nitrogens with zero attached hydrogens (tertiary/aromatic N) is 1. The van der Waals surface area contributed by atoms with E-state index in [-0.39, 0.29) is 0 Å². The fourth-order valence-corrected chi connectivity index (χ4v) is 3.60. The standard InChI is InChI=1S/C18H30N2/c1-14-12-15(2)18(16(3)13-14)17(4)19-8-11-20-9-6-5-7-10-20/h12-13,17,19H,5-11H2,1-4H3. The van der Waals surface area contributed by atoms with Crippen LogP contribution in [0.25, 0.3) is 0 Å². The summed E-state index contributed by atoms with van der Waals surface area (Å²) in [6.45, 7) is 13.8. The van der Waals surface area contributed by atoms with Crippen molar-refractivity contribution in [1.29, 1.82) is 0 Å². The molecule has 1 unspecified atom stereocenters. The molecule has 1 aromatic carbocycles. The van der Waals surface area contributed by atoms with Crippen molar-refractivity contribution >= 4 is 0 Å². The number of hydrogen-bond donors (Lipinski definition) is 1. The number of benzene rings is 1. The van der Waals surface area contributed by atoms with E-state index in [9.17, 15) is 0 Å². The Hall–Kier alpha value is -0.860. The van der Waals surface area contributed by atoms with Gasteiger partial charge in [0, 0.05) is 19.1 Å². The number of rotatable bonds is 5. The molecule has 0 saturated carbocycles. The lowest BCUT2D eigenvalue weighted by Crippen LogP contribution is -2.36. The first-order valence-corrected chi connectivity index (χ1v) is 8.11. The van der Waals surface area contributed by atoms with Gasteiger partial charge in [-0.1, -0.05) is 24.1 Å². The van der Waals surface area contributed by atoms with Gasteiger partial charge in [0.15, 0.2) is 0 Å². The van der Waals surface area contributed by atoms with Crippen molar-refractivity contribution in [2.75, 3.05) is 26.2 Å². The minimum Gasteiger partial charge on any atom is -0.309 e. The highest BCUT2D eigenvalue weighted by atomic mass is 15.1. The maximum atomic E-state index is 3.71. The van der Waals surface area contributed by atoms with Gasteiger partial charge in [-0.05, 0) is 70.3 Å². The van der Waals surface area contributed by atoms with E-state index in [0.717, 1.165) is 6.54 Å². The van der Waals surface area contributed by atoms with Crippen molar-refractivity contribution in [2.45, 2.75) is 53.0 Å². The van der Waals surface area contributed by atoms with E-state index in [0.29, 0.717) is 6.04 Å². The normalized spacial score (nSPS) is 18.2. The van der Waals surface area contributed by atoms with E-state index >= 15 is 0 Å². The van der Waals surface area contributed by atoms with Crippen molar-refractivity contribution < 1.29 is 0 Å². The molecule has 0 spiro atoms. The maximum Gasteiger partial charge on any atom is 0.0297 e. The van der Waals surface area contributed by atoms with Crippen LogP contribution < -0.4 is 5.32 Å². The second-order valence-corrected chi connectivity index (χ2v) is 6.39. The van der Waals surface area contributed by atoms with Gasteiger partial charge in [-0.15, -0.1) is 0 Å². The molecule has 2 heteroatoms. The average Bonchev–Trinajstić information content (AvgIpc) is 2.38. The minimum absolute atomic E-state index is 0.445. The Morgan fingerprint density at radius 1 is 1.05 bits per heavy atom. The van der Waals surface area contributed by atoms with Crippen LogP contribution in [0.2, 0.25) is 0 Å². The molecule has 2 nitrogen and oxygen atoms in total. The molecule has 1 N–H and O–H groups in total. The van der Waals surface area contributed by atoms with Crippen LogP contribution >= 0.6 is 0 Å². The molecule has 0 bridgehead atoms. The predicted octanol–water partition coefficient (Wildman–Crippen LogP) is 3.75. The Bertz CT molecular complexity index is 410. The molecule has 1 atom stereocenters. The summed E-state index contributed by atoms with van der Waals surface area (Å²) in [6.07, 6.45) is 4.18. The Kier molecular flexibility index (Phi) is 5.62. The fourth-order valence-electron chi connectivity index (χ4n) is 3.60. The molecule has 1 aliphatic heterocycles. The van der Waals surface area contributed by atoms with E-state index < -0.39 is 0 Å². The molecular formula is C18H30N2. The second-order valence-electron chi connectivity index (χ2n) is 6.39. The van der Waals surface area contributed by atoms with E-state index in [4.69, 9.17) is 0 Å². The lowest BCUT2D eigenvalue weighted by molar-refractivity contribution is 0.227. The quantitative estimate of drug-likeness (QED) is 0.879. The monoisotopic (exact) mass is 274 g/mol. The van der Waals surface area contributed by atoms with Gasteiger partial charge in [0.05, 0.1) is 0 Å². The summed E-state index contributed by atoms with van der Waals surface area (Å²) < 4.78 is 0. The zero-order valence-electron chi connectivity index (χ0n) is 13.6. The zero-order valence-corrected chi connectivity index (χ0v) is 13.6. The van der Waals surface area contributed by atoms with Crippen molar-refractivity contribution in [3.05, 3.63) is 34.4 Å². The molecule has 1 saturated heterocycles. The molecular weight excluding hydrogens is 244 g/mol.